The maximum atomic E-state index is 13.5. The highest BCUT2D eigenvalue weighted by molar-refractivity contribution is 7.07. The molecule has 0 spiro atoms. The van der Waals surface area contributed by atoms with E-state index in [1.807, 2.05) is 19.1 Å². The van der Waals surface area contributed by atoms with Gasteiger partial charge in [-0.2, -0.15) is 11.3 Å². The van der Waals surface area contributed by atoms with Crippen molar-refractivity contribution in [2.45, 2.75) is 19.4 Å². The first-order chi connectivity index (χ1) is 8.27. The predicted octanol–water partition coefficient (Wildman–Crippen LogP) is 3.78. The van der Waals surface area contributed by atoms with Crippen LogP contribution < -0.4 is 5.32 Å². The topological polar surface area (TPSA) is 12.0 Å². The zero-order valence-electron chi connectivity index (χ0n) is 9.82. The van der Waals surface area contributed by atoms with E-state index in [-0.39, 0.29) is 11.9 Å². The minimum Gasteiger partial charge on any atom is -0.310 e. The standard InChI is InChI=1S/C14H16FNS/c1-11(13-4-2-3-5-14(13)15)16-8-6-12-7-9-17-10-12/h2-5,7,9-11,16H,6,8H2,1H3/t11-/m1/s1. The number of halogens is 1. The van der Waals surface area contributed by atoms with Crippen molar-refractivity contribution in [1.82, 2.24) is 5.32 Å². The second kappa shape index (κ2) is 5.94. The molecular weight excluding hydrogens is 233 g/mol. The molecule has 0 aliphatic rings. The van der Waals surface area contributed by atoms with Gasteiger partial charge in [0, 0.05) is 11.6 Å². The lowest BCUT2D eigenvalue weighted by Crippen LogP contribution is -2.22. The Morgan fingerprint density at radius 3 is 2.82 bits per heavy atom. The van der Waals surface area contributed by atoms with E-state index < -0.39 is 0 Å². The Bertz CT molecular complexity index is 453. The van der Waals surface area contributed by atoms with Crippen LogP contribution >= 0.6 is 11.3 Å². The fourth-order valence-corrected chi connectivity index (χ4v) is 2.51. The van der Waals surface area contributed by atoms with Crippen LogP contribution in [0.3, 0.4) is 0 Å². The van der Waals surface area contributed by atoms with E-state index in [4.69, 9.17) is 0 Å². The number of nitrogens with one attached hydrogen (secondary N) is 1. The van der Waals surface area contributed by atoms with E-state index >= 15 is 0 Å². The van der Waals surface area contributed by atoms with Crippen molar-refractivity contribution in [1.29, 1.82) is 0 Å². The SMILES string of the molecule is C[C@@H](NCCc1ccsc1)c1ccccc1F. The first-order valence-corrected chi connectivity index (χ1v) is 6.70. The number of benzene rings is 1. The van der Waals surface area contributed by atoms with E-state index in [1.54, 1.807) is 17.4 Å². The molecule has 17 heavy (non-hydrogen) atoms. The maximum Gasteiger partial charge on any atom is 0.127 e. The van der Waals surface area contributed by atoms with Crippen LogP contribution in [0.4, 0.5) is 4.39 Å². The Hall–Kier alpha value is -1.19. The van der Waals surface area contributed by atoms with Crippen molar-refractivity contribution >= 4 is 11.3 Å². The Labute approximate surface area is 105 Å². The van der Waals surface area contributed by atoms with Crippen LogP contribution in [-0.4, -0.2) is 6.54 Å². The third-order valence-electron chi connectivity index (χ3n) is 2.82. The summed E-state index contributed by atoms with van der Waals surface area (Å²) in [5.41, 5.74) is 2.07. The summed E-state index contributed by atoms with van der Waals surface area (Å²) in [6, 6.07) is 9.10. The third-order valence-corrected chi connectivity index (χ3v) is 3.55. The summed E-state index contributed by atoms with van der Waals surface area (Å²) in [7, 11) is 0. The smallest absolute Gasteiger partial charge is 0.127 e. The molecule has 1 aromatic heterocycles. The highest BCUT2D eigenvalue weighted by Crippen LogP contribution is 2.16. The van der Waals surface area contributed by atoms with Crippen molar-refractivity contribution in [3.63, 3.8) is 0 Å². The molecule has 0 aliphatic carbocycles. The second-order valence-corrected chi connectivity index (χ2v) is 4.86. The maximum absolute atomic E-state index is 13.5. The van der Waals surface area contributed by atoms with Crippen molar-refractivity contribution in [2.24, 2.45) is 0 Å². The van der Waals surface area contributed by atoms with Crippen LogP contribution in [0.15, 0.2) is 41.1 Å². The number of hydrogen-bond donors (Lipinski definition) is 1. The van der Waals surface area contributed by atoms with Gasteiger partial charge in [-0.3, -0.25) is 0 Å². The molecule has 3 heteroatoms. The second-order valence-electron chi connectivity index (χ2n) is 4.08. The van der Waals surface area contributed by atoms with Crippen molar-refractivity contribution in [3.05, 3.63) is 58.0 Å². The highest BCUT2D eigenvalue weighted by Gasteiger charge is 2.08. The van der Waals surface area contributed by atoms with Crippen LogP contribution in [0.2, 0.25) is 0 Å². The molecule has 1 aromatic carbocycles. The fraction of sp³-hybridized carbons (Fsp3) is 0.286. The number of rotatable bonds is 5. The summed E-state index contributed by atoms with van der Waals surface area (Å²) < 4.78 is 13.5. The molecule has 1 N–H and O–H groups in total. The summed E-state index contributed by atoms with van der Waals surface area (Å²) in [4.78, 5) is 0. The van der Waals surface area contributed by atoms with Gasteiger partial charge in [0.05, 0.1) is 0 Å². The first kappa shape index (κ1) is 12.3. The molecular formula is C14H16FNS. The fourth-order valence-electron chi connectivity index (χ4n) is 1.80. The molecule has 0 fully saturated rings. The molecule has 1 atom stereocenters. The molecule has 1 nitrogen and oxygen atoms in total. The van der Waals surface area contributed by atoms with E-state index in [9.17, 15) is 4.39 Å². The normalized spacial score (nSPS) is 12.6. The van der Waals surface area contributed by atoms with E-state index in [0.29, 0.717) is 0 Å². The zero-order chi connectivity index (χ0) is 12.1. The van der Waals surface area contributed by atoms with E-state index in [2.05, 4.69) is 22.1 Å². The largest absolute Gasteiger partial charge is 0.310 e. The summed E-state index contributed by atoms with van der Waals surface area (Å²) in [5.74, 6) is -0.136. The zero-order valence-corrected chi connectivity index (χ0v) is 10.6. The molecule has 0 radical (unpaired) electrons. The quantitative estimate of drug-likeness (QED) is 0.850. The third kappa shape index (κ3) is 3.38. The molecule has 0 unspecified atom stereocenters. The Kier molecular flexibility index (Phi) is 4.29. The molecule has 0 aliphatic heterocycles. The predicted molar refractivity (Wildman–Crippen MR) is 70.8 cm³/mol. The van der Waals surface area contributed by atoms with Gasteiger partial charge in [0.15, 0.2) is 0 Å². The van der Waals surface area contributed by atoms with Gasteiger partial charge in [0.25, 0.3) is 0 Å². The van der Waals surface area contributed by atoms with Gasteiger partial charge >= 0.3 is 0 Å². The van der Waals surface area contributed by atoms with Gasteiger partial charge in [-0.15, -0.1) is 0 Å². The Balaban J connectivity index is 1.85. The summed E-state index contributed by atoms with van der Waals surface area (Å²) in [6.45, 7) is 2.86. The lowest BCUT2D eigenvalue weighted by atomic mass is 10.1. The van der Waals surface area contributed by atoms with Crippen molar-refractivity contribution in [3.8, 4) is 0 Å². The van der Waals surface area contributed by atoms with Gasteiger partial charge in [0.2, 0.25) is 0 Å². The van der Waals surface area contributed by atoms with Crippen LogP contribution in [0.5, 0.6) is 0 Å². The van der Waals surface area contributed by atoms with Crippen LogP contribution in [0.1, 0.15) is 24.1 Å². The Morgan fingerprint density at radius 1 is 1.29 bits per heavy atom. The van der Waals surface area contributed by atoms with Crippen molar-refractivity contribution < 1.29 is 4.39 Å². The molecule has 2 aromatic rings. The van der Waals surface area contributed by atoms with Crippen LogP contribution in [-0.2, 0) is 6.42 Å². The van der Waals surface area contributed by atoms with Gasteiger partial charge < -0.3 is 5.32 Å². The molecule has 0 saturated carbocycles. The minimum atomic E-state index is -0.136. The lowest BCUT2D eigenvalue weighted by molar-refractivity contribution is 0.531. The van der Waals surface area contributed by atoms with E-state index in [1.165, 1.54) is 11.6 Å². The molecule has 0 saturated heterocycles. The van der Waals surface area contributed by atoms with Crippen molar-refractivity contribution in [2.75, 3.05) is 6.54 Å². The summed E-state index contributed by atoms with van der Waals surface area (Å²) in [6.07, 6.45) is 0.988. The van der Waals surface area contributed by atoms with Crippen LogP contribution in [0.25, 0.3) is 0 Å². The van der Waals surface area contributed by atoms with Gasteiger partial charge in [-0.05, 0) is 48.3 Å². The first-order valence-electron chi connectivity index (χ1n) is 5.76. The molecule has 90 valence electrons. The average molecular weight is 249 g/mol. The molecule has 0 amide bonds. The molecule has 0 bridgehead atoms. The average Bonchev–Trinajstić information content (AvgIpc) is 2.82. The van der Waals surface area contributed by atoms with E-state index in [0.717, 1.165) is 18.5 Å². The summed E-state index contributed by atoms with van der Waals surface area (Å²) >= 11 is 1.71. The lowest BCUT2D eigenvalue weighted by Gasteiger charge is -2.14. The van der Waals surface area contributed by atoms with Gasteiger partial charge in [0.1, 0.15) is 5.82 Å². The van der Waals surface area contributed by atoms with Crippen LogP contribution in [0, 0.1) is 5.82 Å². The number of thiophene rings is 1. The Morgan fingerprint density at radius 2 is 2.12 bits per heavy atom. The molecule has 1 heterocycles. The van der Waals surface area contributed by atoms with Gasteiger partial charge in [-0.1, -0.05) is 18.2 Å². The van der Waals surface area contributed by atoms with Gasteiger partial charge in [-0.25, -0.2) is 4.39 Å². The minimum absolute atomic E-state index is 0.0508. The monoisotopic (exact) mass is 249 g/mol. The highest BCUT2D eigenvalue weighted by atomic mass is 32.1. The molecule has 2 rings (SSSR count). The summed E-state index contributed by atoms with van der Waals surface area (Å²) in [5, 5.41) is 7.57. The number of hydrogen-bond acceptors (Lipinski definition) is 2.